The fraction of sp³-hybridized carbons (Fsp3) is 0.400. The third kappa shape index (κ3) is 3.06. The summed E-state index contributed by atoms with van der Waals surface area (Å²) < 4.78 is 41.8. The summed E-state index contributed by atoms with van der Waals surface area (Å²) in [6, 6.07) is 3.40. The Labute approximate surface area is 90.6 Å². The quantitative estimate of drug-likeness (QED) is 0.720. The van der Waals surface area contributed by atoms with Gasteiger partial charge in [-0.15, -0.1) is 0 Å². The van der Waals surface area contributed by atoms with Gasteiger partial charge in [-0.2, -0.15) is 13.2 Å². The van der Waals surface area contributed by atoms with Crippen molar-refractivity contribution in [3.63, 3.8) is 0 Å². The van der Waals surface area contributed by atoms with E-state index in [0.717, 1.165) is 0 Å². The van der Waals surface area contributed by atoms with Gasteiger partial charge < -0.3 is 4.74 Å². The van der Waals surface area contributed by atoms with E-state index in [4.69, 9.17) is 4.74 Å². The highest BCUT2D eigenvalue weighted by molar-refractivity contribution is 8.00. The highest BCUT2D eigenvalue weighted by Gasteiger charge is 2.32. The van der Waals surface area contributed by atoms with E-state index in [1.807, 2.05) is 0 Å². The minimum atomic E-state index is -4.29. The minimum Gasteiger partial charge on any atom is -0.495 e. The zero-order valence-electron chi connectivity index (χ0n) is 8.61. The van der Waals surface area contributed by atoms with Gasteiger partial charge in [-0.05, 0) is 36.7 Å². The van der Waals surface area contributed by atoms with Crippen molar-refractivity contribution < 1.29 is 17.9 Å². The number of methoxy groups -OCH3 is 1. The Bertz CT molecular complexity index is 360. The molecule has 1 nitrogen and oxygen atoms in total. The summed E-state index contributed by atoms with van der Waals surface area (Å²) in [5, 5.41) is 0. The van der Waals surface area contributed by atoms with Crippen molar-refractivity contribution in [1.29, 1.82) is 0 Å². The highest BCUT2D eigenvalue weighted by atomic mass is 32.2. The van der Waals surface area contributed by atoms with Crippen molar-refractivity contribution in [3.05, 3.63) is 23.3 Å². The molecule has 0 saturated heterocycles. The van der Waals surface area contributed by atoms with Gasteiger partial charge >= 0.3 is 5.51 Å². The van der Waals surface area contributed by atoms with Crippen LogP contribution in [0.5, 0.6) is 5.75 Å². The van der Waals surface area contributed by atoms with Gasteiger partial charge in [-0.1, -0.05) is 12.1 Å². The number of rotatable bonds is 2. The summed E-state index contributed by atoms with van der Waals surface area (Å²) >= 11 is -0.132. The van der Waals surface area contributed by atoms with Crippen LogP contribution in [0.3, 0.4) is 0 Å². The zero-order valence-corrected chi connectivity index (χ0v) is 9.42. The molecule has 15 heavy (non-hydrogen) atoms. The summed E-state index contributed by atoms with van der Waals surface area (Å²) in [7, 11) is 1.38. The highest BCUT2D eigenvalue weighted by Crippen LogP contribution is 2.44. The van der Waals surface area contributed by atoms with Gasteiger partial charge in [-0.25, -0.2) is 0 Å². The van der Waals surface area contributed by atoms with E-state index in [1.165, 1.54) is 7.11 Å². The van der Waals surface area contributed by atoms with Gasteiger partial charge in [0.25, 0.3) is 0 Å². The van der Waals surface area contributed by atoms with Gasteiger partial charge in [0.05, 0.1) is 12.0 Å². The molecule has 0 atom stereocenters. The van der Waals surface area contributed by atoms with Crippen LogP contribution in [0.4, 0.5) is 13.2 Å². The lowest BCUT2D eigenvalue weighted by Gasteiger charge is -2.14. The molecule has 0 saturated carbocycles. The zero-order chi connectivity index (χ0) is 11.6. The molecular formula is C10H11F3OS. The maximum Gasteiger partial charge on any atom is 0.446 e. The van der Waals surface area contributed by atoms with E-state index in [-0.39, 0.29) is 16.7 Å². The largest absolute Gasteiger partial charge is 0.495 e. The molecule has 0 aromatic heterocycles. The molecule has 0 heterocycles. The van der Waals surface area contributed by atoms with E-state index in [9.17, 15) is 13.2 Å². The fourth-order valence-electron chi connectivity index (χ4n) is 1.26. The molecule has 0 fully saturated rings. The first-order valence-corrected chi connectivity index (χ1v) is 5.06. The molecule has 0 N–H and O–H groups in total. The van der Waals surface area contributed by atoms with Gasteiger partial charge in [0.1, 0.15) is 5.75 Å². The number of benzene rings is 1. The predicted octanol–water partition coefficient (Wildman–Crippen LogP) is 3.92. The van der Waals surface area contributed by atoms with Crippen LogP contribution in [0, 0.1) is 13.8 Å². The average molecular weight is 236 g/mol. The lowest BCUT2D eigenvalue weighted by Crippen LogP contribution is -2.02. The molecule has 0 spiro atoms. The number of halogens is 3. The Hall–Kier alpha value is -0.840. The predicted molar refractivity (Wildman–Crippen MR) is 54.4 cm³/mol. The molecule has 0 unspecified atom stereocenters. The summed E-state index contributed by atoms with van der Waals surface area (Å²) in [6.07, 6.45) is 0. The van der Waals surface area contributed by atoms with Crippen LogP contribution in [0.25, 0.3) is 0 Å². The second-order valence-electron chi connectivity index (χ2n) is 3.11. The standard InChI is InChI=1S/C10H11F3OS/c1-6-4-5-7(2)9(8(6)14-3)15-10(11,12)13/h4-5H,1-3H3. The van der Waals surface area contributed by atoms with Crippen LogP contribution in [-0.2, 0) is 0 Å². The number of aryl methyl sites for hydroxylation is 2. The maximum absolute atomic E-state index is 12.3. The Kier molecular flexibility index (Phi) is 3.54. The number of alkyl halides is 3. The van der Waals surface area contributed by atoms with E-state index in [0.29, 0.717) is 16.9 Å². The van der Waals surface area contributed by atoms with Crippen LogP contribution in [0.1, 0.15) is 11.1 Å². The summed E-state index contributed by atoms with van der Waals surface area (Å²) in [4.78, 5) is 0.144. The fourth-order valence-corrected chi connectivity index (χ4v) is 2.05. The number of thioether (sulfide) groups is 1. The van der Waals surface area contributed by atoms with E-state index in [2.05, 4.69) is 0 Å². The van der Waals surface area contributed by atoms with Gasteiger partial charge in [0.2, 0.25) is 0 Å². The smallest absolute Gasteiger partial charge is 0.446 e. The van der Waals surface area contributed by atoms with Crippen LogP contribution < -0.4 is 4.74 Å². The Morgan fingerprint density at radius 1 is 1.13 bits per heavy atom. The van der Waals surface area contributed by atoms with Crippen molar-refractivity contribution in [3.8, 4) is 5.75 Å². The molecule has 0 bridgehead atoms. The normalized spacial score (nSPS) is 11.6. The summed E-state index contributed by atoms with van der Waals surface area (Å²) in [5.41, 5.74) is -3.01. The first-order valence-electron chi connectivity index (χ1n) is 4.25. The van der Waals surface area contributed by atoms with Gasteiger partial charge in [0, 0.05) is 0 Å². The first-order chi connectivity index (χ1) is 6.85. The van der Waals surface area contributed by atoms with Crippen LogP contribution >= 0.6 is 11.8 Å². The SMILES string of the molecule is COc1c(C)ccc(C)c1SC(F)(F)F. The monoisotopic (exact) mass is 236 g/mol. The van der Waals surface area contributed by atoms with Crippen molar-refractivity contribution >= 4 is 11.8 Å². The Balaban J connectivity index is 3.20. The molecule has 0 radical (unpaired) electrons. The lowest BCUT2D eigenvalue weighted by molar-refractivity contribution is -0.0329. The third-order valence-electron chi connectivity index (χ3n) is 1.93. The molecule has 1 rings (SSSR count). The van der Waals surface area contributed by atoms with Gasteiger partial charge in [-0.3, -0.25) is 0 Å². The molecule has 1 aromatic rings. The van der Waals surface area contributed by atoms with Crippen molar-refractivity contribution in [2.75, 3.05) is 7.11 Å². The maximum atomic E-state index is 12.3. The number of hydrogen-bond donors (Lipinski definition) is 0. The first kappa shape index (κ1) is 12.2. The van der Waals surface area contributed by atoms with Crippen molar-refractivity contribution in [2.24, 2.45) is 0 Å². The van der Waals surface area contributed by atoms with Crippen LogP contribution in [-0.4, -0.2) is 12.6 Å². The molecule has 5 heteroatoms. The van der Waals surface area contributed by atoms with Crippen molar-refractivity contribution in [1.82, 2.24) is 0 Å². The number of ether oxygens (including phenoxy) is 1. The molecule has 0 aliphatic rings. The second kappa shape index (κ2) is 4.35. The topological polar surface area (TPSA) is 9.23 Å². The second-order valence-corrected chi connectivity index (χ2v) is 4.18. The van der Waals surface area contributed by atoms with Crippen LogP contribution in [0.2, 0.25) is 0 Å². The summed E-state index contributed by atoms with van der Waals surface area (Å²) in [6.45, 7) is 3.36. The lowest BCUT2D eigenvalue weighted by atomic mass is 10.1. The third-order valence-corrected chi connectivity index (χ3v) is 2.87. The summed E-state index contributed by atoms with van der Waals surface area (Å²) in [5.74, 6) is 0.303. The molecule has 1 aromatic carbocycles. The molecule has 0 amide bonds. The van der Waals surface area contributed by atoms with E-state index < -0.39 is 5.51 Å². The molecular weight excluding hydrogens is 225 g/mol. The van der Waals surface area contributed by atoms with Crippen molar-refractivity contribution in [2.45, 2.75) is 24.3 Å². The molecule has 0 aliphatic heterocycles. The molecule has 84 valence electrons. The van der Waals surface area contributed by atoms with E-state index in [1.54, 1.807) is 26.0 Å². The minimum absolute atomic E-state index is 0.132. The Morgan fingerprint density at radius 3 is 2.13 bits per heavy atom. The Morgan fingerprint density at radius 2 is 1.67 bits per heavy atom. The van der Waals surface area contributed by atoms with E-state index >= 15 is 0 Å². The molecule has 0 aliphatic carbocycles. The average Bonchev–Trinajstić information content (AvgIpc) is 2.10. The van der Waals surface area contributed by atoms with Gasteiger partial charge in [0.15, 0.2) is 0 Å². The van der Waals surface area contributed by atoms with Crippen LogP contribution in [0.15, 0.2) is 17.0 Å². The number of hydrogen-bond acceptors (Lipinski definition) is 2.